The standard InChI is InChI=1S/C26H33FN4O4/c1-18-13-21(27)22(28-25(33)31-6-5-26(17-31)3-2-4-26)16-20(18)19-14-23(30-7-10-34-11-8-30)29-24(15-19)35-12-9-32/h13-16,32H,2-12,17H2,1H3,(H,28,33). The van der Waals surface area contributed by atoms with Gasteiger partial charge in [0.25, 0.3) is 0 Å². The molecule has 0 unspecified atom stereocenters. The number of urea groups is 1. The van der Waals surface area contributed by atoms with Gasteiger partial charge in [-0.2, -0.15) is 4.98 Å². The molecule has 2 aliphatic heterocycles. The lowest BCUT2D eigenvalue weighted by Gasteiger charge is -2.37. The van der Waals surface area contributed by atoms with Crippen LogP contribution in [0, 0.1) is 18.2 Å². The summed E-state index contributed by atoms with van der Waals surface area (Å²) in [5.41, 5.74) is 2.77. The Hall–Kier alpha value is -2.91. The molecule has 0 atom stereocenters. The average Bonchev–Trinajstić information content (AvgIpc) is 3.32. The van der Waals surface area contributed by atoms with Crippen molar-refractivity contribution < 1.29 is 23.8 Å². The van der Waals surface area contributed by atoms with Gasteiger partial charge in [-0.3, -0.25) is 0 Å². The van der Waals surface area contributed by atoms with Crippen molar-refractivity contribution in [2.75, 3.05) is 62.8 Å². The van der Waals surface area contributed by atoms with E-state index in [1.807, 2.05) is 17.9 Å². The fourth-order valence-corrected chi connectivity index (χ4v) is 5.29. The van der Waals surface area contributed by atoms with E-state index in [9.17, 15) is 14.3 Å². The zero-order valence-electron chi connectivity index (χ0n) is 20.2. The minimum atomic E-state index is -0.462. The number of halogens is 1. The van der Waals surface area contributed by atoms with E-state index in [0.717, 1.165) is 35.5 Å². The number of aliphatic hydroxyl groups excluding tert-OH is 1. The van der Waals surface area contributed by atoms with Gasteiger partial charge in [-0.15, -0.1) is 0 Å². The molecule has 2 amide bonds. The normalized spacial score (nSPS) is 19.1. The maximum Gasteiger partial charge on any atom is 0.321 e. The number of carbonyl (C=O) groups is 1. The van der Waals surface area contributed by atoms with Crippen LogP contribution in [-0.4, -0.2) is 73.6 Å². The highest BCUT2D eigenvalue weighted by atomic mass is 19.1. The van der Waals surface area contributed by atoms with Crippen LogP contribution >= 0.6 is 0 Å². The van der Waals surface area contributed by atoms with Gasteiger partial charge in [0, 0.05) is 32.2 Å². The first kappa shape index (κ1) is 23.8. The number of nitrogens with zero attached hydrogens (tertiary/aromatic N) is 3. The Labute approximate surface area is 205 Å². The lowest BCUT2D eigenvalue weighted by atomic mass is 9.68. The third-order valence-corrected chi connectivity index (χ3v) is 7.47. The van der Waals surface area contributed by atoms with Crippen LogP contribution in [0.1, 0.15) is 31.2 Å². The lowest BCUT2D eigenvalue weighted by molar-refractivity contribution is 0.122. The van der Waals surface area contributed by atoms with E-state index >= 15 is 0 Å². The van der Waals surface area contributed by atoms with Crippen LogP contribution < -0.4 is 15.0 Å². The zero-order valence-corrected chi connectivity index (χ0v) is 20.2. The highest BCUT2D eigenvalue weighted by molar-refractivity contribution is 5.91. The van der Waals surface area contributed by atoms with E-state index in [4.69, 9.17) is 9.47 Å². The predicted octanol–water partition coefficient (Wildman–Crippen LogP) is 3.81. The Kier molecular flexibility index (Phi) is 6.80. The number of aryl methyl sites for hydroxylation is 1. The maximum atomic E-state index is 14.9. The van der Waals surface area contributed by atoms with Gasteiger partial charge in [0.2, 0.25) is 5.88 Å². The van der Waals surface area contributed by atoms with Crippen LogP contribution in [0.2, 0.25) is 0 Å². The molecule has 2 N–H and O–H groups in total. The molecule has 188 valence electrons. The largest absolute Gasteiger partial charge is 0.475 e. The van der Waals surface area contributed by atoms with Gasteiger partial charge in [0.1, 0.15) is 18.2 Å². The third kappa shape index (κ3) is 5.06. The molecule has 3 fully saturated rings. The van der Waals surface area contributed by atoms with Gasteiger partial charge in [-0.1, -0.05) is 6.42 Å². The molecule has 5 rings (SSSR count). The second kappa shape index (κ2) is 9.99. The fraction of sp³-hybridized carbons (Fsp3) is 0.538. The van der Waals surface area contributed by atoms with Crippen molar-refractivity contribution in [3.8, 4) is 17.0 Å². The van der Waals surface area contributed by atoms with Gasteiger partial charge in [0.05, 0.1) is 25.5 Å². The molecule has 3 aliphatic rings. The molecule has 9 heteroatoms. The third-order valence-electron chi connectivity index (χ3n) is 7.47. The zero-order chi connectivity index (χ0) is 24.4. The Morgan fingerprint density at radius 3 is 2.69 bits per heavy atom. The first-order valence-corrected chi connectivity index (χ1v) is 12.4. The number of amides is 2. The SMILES string of the molecule is Cc1cc(F)c(NC(=O)N2CCC3(CCC3)C2)cc1-c1cc(OCCO)nc(N2CCOCC2)c1. The Morgan fingerprint density at radius 1 is 1.20 bits per heavy atom. The fourth-order valence-electron chi connectivity index (χ4n) is 5.29. The summed E-state index contributed by atoms with van der Waals surface area (Å²) in [6.07, 6.45) is 4.61. The number of likely N-dealkylation sites (tertiary alicyclic amines) is 1. The molecular formula is C26H33FN4O4. The summed E-state index contributed by atoms with van der Waals surface area (Å²) in [5, 5.41) is 12.0. The molecule has 3 heterocycles. The molecule has 2 saturated heterocycles. The monoisotopic (exact) mass is 484 g/mol. The van der Waals surface area contributed by atoms with E-state index in [1.54, 1.807) is 12.1 Å². The number of pyridine rings is 1. The summed E-state index contributed by atoms with van der Waals surface area (Å²) in [6, 6.07) is 6.62. The summed E-state index contributed by atoms with van der Waals surface area (Å²) < 4.78 is 26.0. The van der Waals surface area contributed by atoms with Gasteiger partial charge < -0.3 is 29.7 Å². The summed E-state index contributed by atoms with van der Waals surface area (Å²) in [5.74, 6) is 0.655. The molecule has 1 aromatic heterocycles. The average molecular weight is 485 g/mol. The molecular weight excluding hydrogens is 451 g/mol. The molecule has 2 aromatic rings. The summed E-state index contributed by atoms with van der Waals surface area (Å²) in [4.78, 5) is 21.5. The molecule has 1 aliphatic carbocycles. The number of aliphatic hydroxyl groups is 1. The van der Waals surface area contributed by atoms with Crippen molar-refractivity contribution in [2.45, 2.75) is 32.6 Å². The minimum Gasteiger partial charge on any atom is -0.475 e. The number of hydrogen-bond donors (Lipinski definition) is 2. The Bertz CT molecular complexity index is 1090. The molecule has 1 aromatic carbocycles. The van der Waals surface area contributed by atoms with E-state index in [1.165, 1.54) is 25.3 Å². The van der Waals surface area contributed by atoms with Crippen molar-refractivity contribution >= 4 is 17.5 Å². The van der Waals surface area contributed by atoms with Gasteiger partial charge in [-0.25, -0.2) is 9.18 Å². The smallest absolute Gasteiger partial charge is 0.321 e. The van der Waals surface area contributed by atoms with Crippen LogP contribution in [0.15, 0.2) is 24.3 Å². The van der Waals surface area contributed by atoms with Crippen LogP contribution in [0.3, 0.4) is 0 Å². The topological polar surface area (TPSA) is 87.2 Å². The van der Waals surface area contributed by atoms with Crippen molar-refractivity contribution in [3.63, 3.8) is 0 Å². The van der Waals surface area contributed by atoms with E-state index in [-0.39, 0.29) is 30.3 Å². The molecule has 35 heavy (non-hydrogen) atoms. The van der Waals surface area contributed by atoms with E-state index in [2.05, 4.69) is 15.2 Å². The van der Waals surface area contributed by atoms with E-state index in [0.29, 0.717) is 38.7 Å². The quantitative estimate of drug-likeness (QED) is 0.649. The number of nitrogens with one attached hydrogen (secondary N) is 1. The van der Waals surface area contributed by atoms with Crippen LogP contribution in [0.5, 0.6) is 5.88 Å². The number of ether oxygens (including phenoxy) is 2. The van der Waals surface area contributed by atoms with Crippen molar-refractivity contribution in [3.05, 3.63) is 35.6 Å². The van der Waals surface area contributed by atoms with Crippen LogP contribution in [-0.2, 0) is 4.74 Å². The number of benzene rings is 1. The second-order valence-electron chi connectivity index (χ2n) is 9.83. The van der Waals surface area contributed by atoms with Crippen molar-refractivity contribution in [2.24, 2.45) is 5.41 Å². The number of hydrogen-bond acceptors (Lipinski definition) is 6. The number of rotatable bonds is 6. The second-order valence-corrected chi connectivity index (χ2v) is 9.83. The maximum absolute atomic E-state index is 14.9. The molecule has 1 spiro atoms. The number of aromatic nitrogens is 1. The summed E-state index contributed by atoms with van der Waals surface area (Å²) in [7, 11) is 0. The first-order chi connectivity index (χ1) is 17.0. The predicted molar refractivity (Wildman–Crippen MR) is 131 cm³/mol. The summed E-state index contributed by atoms with van der Waals surface area (Å²) >= 11 is 0. The number of anilines is 2. The minimum absolute atomic E-state index is 0.123. The molecule has 0 bridgehead atoms. The van der Waals surface area contributed by atoms with Gasteiger partial charge in [0.15, 0.2) is 0 Å². The molecule has 0 radical (unpaired) electrons. The van der Waals surface area contributed by atoms with Crippen LogP contribution in [0.4, 0.5) is 20.7 Å². The molecule has 8 nitrogen and oxygen atoms in total. The molecule has 1 saturated carbocycles. The van der Waals surface area contributed by atoms with E-state index < -0.39 is 5.82 Å². The van der Waals surface area contributed by atoms with Crippen LogP contribution in [0.25, 0.3) is 11.1 Å². The Balaban J connectivity index is 1.42. The highest BCUT2D eigenvalue weighted by Gasteiger charge is 2.44. The highest BCUT2D eigenvalue weighted by Crippen LogP contribution is 2.48. The number of morpholine rings is 1. The van der Waals surface area contributed by atoms with Gasteiger partial charge >= 0.3 is 6.03 Å². The number of carbonyl (C=O) groups excluding carboxylic acids is 1. The van der Waals surface area contributed by atoms with Crippen molar-refractivity contribution in [1.82, 2.24) is 9.88 Å². The first-order valence-electron chi connectivity index (χ1n) is 12.4. The summed E-state index contributed by atoms with van der Waals surface area (Å²) in [6.45, 7) is 5.94. The van der Waals surface area contributed by atoms with Gasteiger partial charge in [-0.05, 0) is 66.5 Å². The lowest BCUT2D eigenvalue weighted by Crippen LogP contribution is -2.38. The Morgan fingerprint density at radius 2 is 2.00 bits per heavy atom. The van der Waals surface area contributed by atoms with Crippen molar-refractivity contribution in [1.29, 1.82) is 0 Å².